The molecule has 0 aromatic heterocycles. The molecule has 1 nitrogen and oxygen atoms in total. The van der Waals surface area contributed by atoms with Crippen molar-refractivity contribution in [2.24, 2.45) is 0 Å². The summed E-state index contributed by atoms with van der Waals surface area (Å²) in [7, 11) is 0. The molecule has 0 amide bonds. The van der Waals surface area contributed by atoms with Gasteiger partial charge in [-0.05, 0) is 36.2 Å². The van der Waals surface area contributed by atoms with Gasteiger partial charge in [-0.25, -0.2) is 0 Å². The average Bonchev–Trinajstić information content (AvgIpc) is 2.60. The smallest absolute Gasteiger partial charge is 0.0537 e. The summed E-state index contributed by atoms with van der Waals surface area (Å²) < 4.78 is 0. The van der Waals surface area contributed by atoms with Gasteiger partial charge in [0.05, 0.1) is 5.69 Å². The van der Waals surface area contributed by atoms with Crippen LogP contribution in [-0.2, 0) is 5.41 Å². The first-order valence-corrected chi connectivity index (χ1v) is 6.81. The van der Waals surface area contributed by atoms with Gasteiger partial charge in [0.1, 0.15) is 0 Å². The monoisotopic (exact) mass is 249 g/mol. The number of fused-ring (bicyclic) bond motifs is 3. The van der Waals surface area contributed by atoms with E-state index in [4.69, 9.17) is 0 Å². The summed E-state index contributed by atoms with van der Waals surface area (Å²) in [5.74, 6) is 3.04. The van der Waals surface area contributed by atoms with E-state index in [1.807, 2.05) is 6.92 Å². The van der Waals surface area contributed by atoms with E-state index in [9.17, 15) is 0 Å². The first kappa shape index (κ1) is 12.1. The van der Waals surface area contributed by atoms with Crippen LogP contribution in [0.15, 0.2) is 36.4 Å². The zero-order valence-corrected chi connectivity index (χ0v) is 12.0. The summed E-state index contributed by atoms with van der Waals surface area (Å²) >= 11 is 0. The van der Waals surface area contributed by atoms with Crippen LogP contribution in [0, 0.1) is 12.0 Å². The molecule has 0 radical (unpaired) electrons. The van der Waals surface area contributed by atoms with Crippen molar-refractivity contribution in [3.05, 3.63) is 42.0 Å². The second kappa shape index (κ2) is 4.03. The first-order valence-electron chi connectivity index (χ1n) is 6.81. The van der Waals surface area contributed by atoms with Crippen molar-refractivity contribution >= 4 is 16.5 Å². The third-order valence-electron chi connectivity index (χ3n) is 4.47. The SMILES string of the molecule is CC#CN1c2ccc3ccccc3c2C(C)(C)C1C. The highest BCUT2D eigenvalue weighted by Gasteiger charge is 2.42. The van der Waals surface area contributed by atoms with Crippen LogP contribution in [0.5, 0.6) is 0 Å². The fraction of sp³-hybridized carbons (Fsp3) is 0.333. The third kappa shape index (κ3) is 1.56. The Hall–Kier alpha value is -1.94. The first-order chi connectivity index (χ1) is 9.07. The molecule has 1 heteroatoms. The van der Waals surface area contributed by atoms with Crippen LogP contribution >= 0.6 is 0 Å². The van der Waals surface area contributed by atoms with Crippen LogP contribution in [0.25, 0.3) is 10.8 Å². The van der Waals surface area contributed by atoms with Crippen LogP contribution in [0.1, 0.15) is 33.3 Å². The molecule has 0 saturated carbocycles. The summed E-state index contributed by atoms with van der Waals surface area (Å²) in [6.07, 6.45) is 0. The molecule has 1 aliphatic rings. The maximum Gasteiger partial charge on any atom is 0.0537 e. The molecular weight excluding hydrogens is 230 g/mol. The van der Waals surface area contributed by atoms with Gasteiger partial charge in [-0.3, -0.25) is 4.90 Å². The van der Waals surface area contributed by atoms with Gasteiger partial charge in [0.2, 0.25) is 0 Å². The summed E-state index contributed by atoms with van der Waals surface area (Å²) in [4.78, 5) is 2.22. The van der Waals surface area contributed by atoms with Gasteiger partial charge < -0.3 is 0 Å². The molecule has 3 rings (SSSR count). The van der Waals surface area contributed by atoms with Gasteiger partial charge in [0.15, 0.2) is 0 Å². The number of benzene rings is 2. The van der Waals surface area contributed by atoms with Crippen molar-refractivity contribution in [1.82, 2.24) is 0 Å². The van der Waals surface area contributed by atoms with Crippen molar-refractivity contribution in [3.8, 4) is 12.0 Å². The maximum atomic E-state index is 3.25. The zero-order valence-electron chi connectivity index (χ0n) is 12.0. The van der Waals surface area contributed by atoms with Crippen LogP contribution in [0.3, 0.4) is 0 Å². The average molecular weight is 249 g/mol. The van der Waals surface area contributed by atoms with E-state index >= 15 is 0 Å². The molecule has 0 aliphatic carbocycles. The number of nitrogens with zero attached hydrogens (tertiary/aromatic N) is 1. The lowest BCUT2D eigenvalue weighted by Crippen LogP contribution is -2.36. The van der Waals surface area contributed by atoms with Crippen molar-refractivity contribution in [2.45, 2.75) is 39.2 Å². The highest BCUT2D eigenvalue weighted by Crippen LogP contribution is 2.47. The topological polar surface area (TPSA) is 3.24 Å². The van der Waals surface area contributed by atoms with Gasteiger partial charge in [0.25, 0.3) is 0 Å². The van der Waals surface area contributed by atoms with E-state index in [1.54, 1.807) is 0 Å². The summed E-state index contributed by atoms with van der Waals surface area (Å²) in [6, 6.07) is 16.7. The Balaban J connectivity index is 2.38. The molecule has 1 unspecified atom stereocenters. The molecule has 1 heterocycles. The van der Waals surface area contributed by atoms with Crippen LogP contribution in [0.2, 0.25) is 0 Å². The quantitative estimate of drug-likeness (QED) is 0.629. The number of rotatable bonds is 0. The Morgan fingerprint density at radius 1 is 1.11 bits per heavy atom. The minimum atomic E-state index is 0.111. The van der Waals surface area contributed by atoms with E-state index in [-0.39, 0.29) is 5.41 Å². The summed E-state index contributed by atoms with van der Waals surface area (Å²) in [5.41, 5.74) is 2.81. The van der Waals surface area contributed by atoms with Crippen LogP contribution in [0.4, 0.5) is 5.69 Å². The molecule has 2 aromatic carbocycles. The second-order valence-electron chi connectivity index (χ2n) is 5.81. The molecule has 2 aromatic rings. The molecule has 0 spiro atoms. The predicted octanol–water partition coefficient (Wildman–Crippen LogP) is 4.31. The number of anilines is 1. The Morgan fingerprint density at radius 2 is 1.84 bits per heavy atom. The van der Waals surface area contributed by atoms with Crippen LogP contribution in [-0.4, -0.2) is 6.04 Å². The third-order valence-corrected chi connectivity index (χ3v) is 4.47. The normalized spacial score (nSPS) is 20.0. The van der Waals surface area contributed by atoms with Crippen molar-refractivity contribution in [1.29, 1.82) is 0 Å². The number of hydrogen-bond donors (Lipinski definition) is 0. The van der Waals surface area contributed by atoms with E-state index in [0.717, 1.165) is 0 Å². The van der Waals surface area contributed by atoms with Gasteiger partial charge in [0, 0.05) is 17.5 Å². The molecule has 0 N–H and O–H groups in total. The molecular formula is C18H19N. The van der Waals surface area contributed by atoms with Gasteiger partial charge in [-0.1, -0.05) is 50.1 Å². The molecule has 1 aliphatic heterocycles. The minimum absolute atomic E-state index is 0.111. The molecule has 0 fully saturated rings. The lowest BCUT2D eigenvalue weighted by atomic mass is 9.79. The fourth-order valence-corrected chi connectivity index (χ4v) is 3.16. The van der Waals surface area contributed by atoms with E-state index < -0.39 is 0 Å². The van der Waals surface area contributed by atoms with E-state index in [2.05, 4.69) is 74.0 Å². The van der Waals surface area contributed by atoms with Crippen molar-refractivity contribution in [2.75, 3.05) is 4.90 Å². The standard InChI is InChI=1S/C18H19N/c1-5-12-19-13(2)18(3,4)17-15-9-7-6-8-14(15)10-11-16(17)19/h6-11,13H,1-4H3. The van der Waals surface area contributed by atoms with Crippen molar-refractivity contribution < 1.29 is 0 Å². The van der Waals surface area contributed by atoms with Crippen molar-refractivity contribution in [3.63, 3.8) is 0 Å². The maximum absolute atomic E-state index is 3.25. The van der Waals surface area contributed by atoms with Gasteiger partial charge in [-0.15, -0.1) is 0 Å². The van der Waals surface area contributed by atoms with Gasteiger partial charge in [-0.2, -0.15) is 0 Å². The van der Waals surface area contributed by atoms with Crippen LogP contribution < -0.4 is 4.90 Å². The molecule has 96 valence electrons. The zero-order chi connectivity index (χ0) is 13.6. The number of hydrogen-bond acceptors (Lipinski definition) is 1. The lowest BCUT2D eigenvalue weighted by Gasteiger charge is -2.27. The largest absolute Gasteiger partial charge is 0.298 e. The highest BCUT2D eigenvalue weighted by molar-refractivity contribution is 5.93. The second-order valence-corrected chi connectivity index (χ2v) is 5.81. The fourth-order valence-electron chi connectivity index (χ4n) is 3.16. The Labute approximate surface area is 115 Å². The molecule has 19 heavy (non-hydrogen) atoms. The minimum Gasteiger partial charge on any atom is -0.298 e. The lowest BCUT2D eigenvalue weighted by molar-refractivity contribution is 0.466. The van der Waals surface area contributed by atoms with Gasteiger partial charge >= 0.3 is 0 Å². The van der Waals surface area contributed by atoms with E-state index in [1.165, 1.54) is 22.0 Å². The molecule has 0 bridgehead atoms. The van der Waals surface area contributed by atoms with E-state index in [0.29, 0.717) is 6.04 Å². The Morgan fingerprint density at radius 3 is 2.58 bits per heavy atom. The molecule has 1 atom stereocenters. The summed E-state index contributed by atoms with van der Waals surface area (Å²) in [5, 5.41) is 2.67. The highest BCUT2D eigenvalue weighted by atomic mass is 15.2. The molecule has 0 saturated heterocycles. The predicted molar refractivity (Wildman–Crippen MR) is 82.4 cm³/mol. The summed E-state index contributed by atoms with van der Waals surface area (Å²) in [6.45, 7) is 8.80. The Kier molecular flexibility index (Phi) is 2.57. The Bertz CT molecular complexity index is 700.